The van der Waals surface area contributed by atoms with Gasteiger partial charge in [-0.25, -0.2) is 0 Å². The SMILES string of the molecule is CCOc1ccc(OC)c(C(=O)CCCC(=O)O)c1. The highest BCUT2D eigenvalue weighted by Gasteiger charge is 2.14. The van der Waals surface area contributed by atoms with Gasteiger partial charge in [0.25, 0.3) is 0 Å². The molecule has 0 aliphatic carbocycles. The largest absolute Gasteiger partial charge is 0.496 e. The van der Waals surface area contributed by atoms with E-state index in [0.29, 0.717) is 30.1 Å². The van der Waals surface area contributed by atoms with Gasteiger partial charge in [0.2, 0.25) is 0 Å². The van der Waals surface area contributed by atoms with Gasteiger partial charge in [0, 0.05) is 12.8 Å². The van der Waals surface area contributed by atoms with Crippen LogP contribution in [0.15, 0.2) is 18.2 Å². The Morgan fingerprint density at radius 2 is 2.00 bits per heavy atom. The van der Waals surface area contributed by atoms with E-state index in [1.54, 1.807) is 18.2 Å². The topological polar surface area (TPSA) is 72.8 Å². The minimum Gasteiger partial charge on any atom is -0.496 e. The number of carbonyl (C=O) groups is 2. The van der Waals surface area contributed by atoms with Gasteiger partial charge in [-0.05, 0) is 31.5 Å². The molecule has 0 unspecified atom stereocenters. The summed E-state index contributed by atoms with van der Waals surface area (Å²) in [6, 6.07) is 5.04. The molecule has 1 rings (SSSR count). The number of carbonyl (C=O) groups excluding carboxylic acids is 1. The maximum atomic E-state index is 12.0. The quantitative estimate of drug-likeness (QED) is 0.732. The molecule has 0 saturated carbocycles. The van der Waals surface area contributed by atoms with E-state index in [0.717, 1.165) is 0 Å². The number of methoxy groups -OCH3 is 1. The number of ketones is 1. The average Bonchev–Trinajstić information content (AvgIpc) is 2.38. The van der Waals surface area contributed by atoms with Crippen LogP contribution in [-0.4, -0.2) is 30.6 Å². The lowest BCUT2D eigenvalue weighted by Crippen LogP contribution is -2.05. The molecule has 0 amide bonds. The summed E-state index contributed by atoms with van der Waals surface area (Å²) in [5.74, 6) is 0.0381. The molecule has 104 valence electrons. The molecule has 0 aromatic heterocycles. The first-order valence-electron chi connectivity index (χ1n) is 6.14. The van der Waals surface area contributed by atoms with Gasteiger partial charge in [0.05, 0.1) is 19.3 Å². The fraction of sp³-hybridized carbons (Fsp3) is 0.429. The molecule has 0 fully saturated rings. The summed E-state index contributed by atoms with van der Waals surface area (Å²) in [7, 11) is 1.49. The highest BCUT2D eigenvalue weighted by atomic mass is 16.5. The molecule has 19 heavy (non-hydrogen) atoms. The number of Topliss-reactive ketones (excluding diaryl/α,β-unsaturated/α-hetero) is 1. The fourth-order valence-electron chi connectivity index (χ4n) is 1.70. The maximum Gasteiger partial charge on any atom is 0.303 e. The number of aliphatic carboxylic acids is 1. The van der Waals surface area contributed by atoms with Crippen molar-refractivity contribution in [2.24, 2.45) is 0 Å². The summed E-state index contributed by atoms with van der Waals surface area (Å²) in [4.78, 5) is 22.5. The van der Waals surface area contributed by atoms with Crippen LogP contribution in [0.2, 0.25) is 0 Å². The maximum absolute atomic E-state index is 12.0. The monoisotopic (exact) mass is 266 g/mol. The molecule has 5 heteroatoms. The van der Waals surface area contributed by atoms with Crippen molar-refractivity contribution in [3.63, 3.8) is 0 Å². The minimum atomic E-state index is -0.900. The Labute approximate surface area is 112 Å². The van der Waals surface area contributed by atoms with Gasteiger partial charge in [0.15, 0.2) is 5.78 Å². The number of benzene rings is 1. The molecule has 1 aromatic carbocycles. The normalized spacial score (nSPS) is 10.0. The molecule has 1 aromatic rings. The average molecular weight is 266 g/mol. The Balaban J connectivity index is 2.80. The lowest BCUT2D eigenvalue weighted by atomic mass is 10.0. The molecule has 0 aliphatic heterocycles. The zero-order valence-electron chi connectivity index (χ0n) is 11.1. The lowest BCUT2D eigenvalue weighted by Gasteiger charge is -2.10. The van der Waals surface area contributed by atoms with E-state index in [9.17, 15) is 9.59 Å². The number of carboxylic acid groups (broad SMARTS) is 1. The van der Waals surface area contributed by atoms with Crippen LogP contribution in [-0.2, 0) is 4.79 Å². The zero-order chi connectivity index (χ0) is 14.3. The summed E-state index contributed by atoms with van der Waals surface area (Å²) < 4.78 is 10.5. The second kappa shape index (κ2) is 7.41. The third-order valence-corrected chi connectivity index (χ3v) is 2.58. The van der Waals surface area contributed by atoms with E-state index in [1.807, 2.05) is 6.92 Å². The van der Waals surface area contributed by atoms with Crippen LogP contribution in [0.5, 0.6) is 11.5 Å². The molecule has 0 saturated heterocycles. The van der Waals surface area contributed by atoms with Crippen LogP contribution in [0, 0.1) is 0 Å². The van der Waals surface area contributed by atoms with Gasteiger partial charge in [-0.2, -0.15) is 0 Å². The van der Waals surface area contributed by atoms with Crippen LogP contribution < -0.4 is 9.47 Å². The van der Waals surface area contributed by atoms with E-state index in [-0.39, 0.29) is 18.6 Å². The highest BCUT2D eigenvalue weighted by Crippen LogP contribution is 2.25. The summed E-state index contributed by atoms with van der Waals surface area (Å²) in [6.07, 6.45) is 0.480. The standard InChI is InChI=1S/C14H18O5/c1-3-19-10-7-8-13(18-2)11(9-10)12(15)5-4-6-14(16)17/h7-9H,3-6H2,1-2H3,(H,16,17). The summed E-state index contributed by atoms with van der Waals surface area (Å²) in [5, 5.41) is 8.56. The molecule has 0 radical (unpaired) electrons. The molecular formula is C14H18O5. The molecule has 0 heterocycles. The first-order chi connectivity index (χ1) is 9.08. The summed E-state index contributed by atoms with van der Waals surface area (Å²) >= 11 is 0. The lowest BCUT2D eigenvalue weighted by molar-refractivity contribution is -0.137. The second-order valence-corrected chi connectivity index (χ2v) is 3.97. The number of hydrogen-bond donors (Lipinski definition) is 1. The predicted octanol–water partition coefficient (Wildman–Crippen LogP) is 2.53. The van der Waals surface area contributed by atoms with Gasteiger partial charge < -0.3 is 14.6 Å². The van der Waals surface area contributed by atoms with Crippen molar-refractivity contribution in [3.8, 4) is 11.5 Å². The predicted molar refractivity (Wildman–Crippen MR) is 70.0 cm³/mol. The van der Waals surface area contributed by atoms with Crippen LogP contribution in [0.4, 0.5) is 0 Å². The van der Waals surface area contributed by atoms with Crippen LogP contribution in [0.1, 0.15) is 36.5 Å². The molecule has 0 spiro atoms. The van der Waals surface area contributed by atoms with Crippen molar-refractivity contribution >= 4 is 11.8 Å². The Morgan fingerprint density at radius 1 is 1.26 bits per heavy atom. The molecule has 5 nitrogen and oxygen atoms in total. The number of ether oxygens (including phenoxy) is 2. The van der Waals surface area contributed by atoms with Crippen molar-refractivity contribution < 1.29 is 24.2 Å². The van der Waals surface area contributed by atoms with Crippen molar-refractivity contribution in [2.45, 2.75) is 26.2 Å². The van der Waals surface area contributed by atoms with Crippen molar-refractivity contribution in [1.82, 2.24) is 0 Å². The van der Waals surface area contributed by atoms with Gasteiger partial charge >= 0.3 is 5.97 Å². The first kappa shape index (κ1) is 15.0. The van der Waals surface area contributed by atoms with E-state index >= 15 is 0 Å². The van der Waals surface area contributed by atoms with Crippen molar-refractivity contribution in [2.75, 3.05) is 13.7 Å². The summed E-state index contributed by atoms with van der Waals surface area (Å²) in [6.45, 7) is 2.37. The van der Waals surface area contributed by atoms with E-state index in [4.69, 9.17) is 14.6 Å². The minimum absolute atomic E-state index is 0.0147. The van der Waals surface area contributed by atoms with Gasteiger partial charge in [-0.1, -0.05) is 0 Å². The third-order valence-electron chi connectivity index (χ3n) is 2.58. The van der Waals surface area contributed by atoms with Crippen LogP contribution in [0.25, 0.3) is 0 Å². The zero-order valence-corrected chi connectivity index (χ0v) is 11.1. The van der Waals surface area contributed by atoms with Gasteiger partial charge in [0.1, 0.15) is 11.5 Å². The molecule has 1 N–H and O–H groups in total. The van der Waals surface area contributed by atoms with Crippen molar-refractivity contribution in [1.29, 1.82) is 0 Å². The Bertz CT molecular complexity index is 453. The number of hydrogen-bond acceptors (Lipinski definition) is 4. The Hall–Kier alpha value is -2.04. The van der Waals surface area contributed by atoms with Gasteiger partial charge in [-0.15, -0.1) is 0 Å². The number of rotatable bonds is 8. The van der Waals surface area contributed by atoms with Crippen LogP contribution >= 0.6 is 0 Å². The van der Waals surface area contributed by atoms with Crippen molar-refractivity contribution in [3.05, 3.63) is 23.8 Å². The van der Waals surface area contributed by atoms with Gasteiger partial charge in [-0.3, -0.25) is 9.59 Å². The Kier molecular flexibility index (Phi) is 5.85. The van der Waals surface area contributed by atoms with Crippen LogP contribution in [0.3, 0.4) is 0 Å². The number of carboxylic acids is 1. The first-order valence-corrected chi connectivity index (χ1v) is 6.14. The smallest absolute Gasteiger partial charge is 0.303 e. The molecule has 0 atom stereocenters. The Morgan fingerprint density at radius 3 is 2.58 bits per heavy atom. The fourth-order valence-corrected chi connectivity index (χ4v) is 1.70. The second-order valence-electron chi connectivity index (χ2n) is 3.97. The molecule has 0 aliphatic rings. The van der Waals surface area contributed by atoms with E-state index in [2.05, 4.69) is 0 Å². The van der Waals surface area contributed by atoms with E-state index in [1.165, 1.54) is 7.11 Å². The molecule has 0 bridgehead atoms. The third kappa shape index (κ3) is 4.62. The highest BCUT2D eigenvalue weighted by molar-refractivity contribution is 5.99. The molecular weight excluding hydrogens is 248 g/mol. The van der Waals surface area contributed by atoms with E-state index < -0.39 is 5.97 Å². The summed E-state index contributed by atoms with van der Waals surface area (Å²) in [5.41, 5.74) is 0.429.